The van der Waals surface area contributed by atoms with E-state index in [0.717, 1.165) is 68.9 Å². The zero-order valence-electron chi connectivity index (χ0n) is 28.2. The third kappa shape index (κ3) is 12.2. The van der Waals surface area contributed by atoms with Crippen LogP contribution in [0.5, 0.6) is 17.2 Å². The Morgan fingerprint density at radius 1 is 0.959 bits per heavy atom. The lowest BCUT2D eigenvalue weighted by Gasteiger charge is -2.43. The van der Waals surface area contributed by atoms with Gasteiger partial charge in [0.25, 0.3) is 0 Å². The van der Waals surface area contributed by atoms with Gasteiger partial charge in [-0.15, -0.1) is 0 Å². The molecule has 5 N–H and O–H groups in total. The van der Waals surface area contributed by atoms with Crippen LogP contribution in [0.25, 0.3) is 0 Å². The molecule has 0 saturated heterocycles. The molecule has 2 aromatic carbocycles. The van der Waals surface area contributed by atoms with Gasteiger partial charge in [-0.3, -0.25) is 4.21 Å². The lowest BCUT2D eigenvalue weighted by atomic mass is 9.66. The van der Waals surface area contributed by atoms with Crippen LogP contribution >= 0.6 is 0 Å². The zero-order chi connectivity index (χ0) is 36.1. The first-order valence-electron chi connectivity index (χ1n) is 17.2. The number of esters is 1. The monoisotopic (exact) mass is 718 g/mol. The lowest BCUT2D eigenvalue weighted by molar-refractivity contribution is -0.284. The van der Waals surface area contributed by atoms with Crippen molar-refractivity contribution in [3.8, 4) is 17.2 Å². The van der Waals surface area contributed by atoms with Crippen LogP contribution in [-0.4, -0.2) is 58.1 Å². The molecule has 49 heavy (non-hydrogen) atoms. The number of carbonyl (C=O) groups excluding carboxylic acids is 1. The molecule has 0 aliphatic carbocycles. The maximum absolute atomic E-state index is 13.0. The van der Waals surface area contributed by atoms with Gasteiger partial charge in [-0.25, -0.2) is 4.79 Å². The van der Waals surface area contributed by atoms with E-state index < -0.39 is 47.8 Å². The fourth-order valence-electron chi connectivity index (χ4n) is 6.28. The van der Waals surface area contributed by atoms with Crippen LogP contribution in [0, 0.1) is 0 Å². The predicted octanol–water partition coefficient (Wildman–Crippen LogP) is 8.04. The molecule has 0 fully saturated rings. The van der Waals surface area contributed by atoms with Crippen LogP contribution in [0.2, 0.25) is 0 Å². The van der Waals surface area contributed by atoms with E-state index in [0.29, 0.717) is 43.2 Å². The van der Waals surface area contributed by atoms with Gasteiger partial charge >= 0.3 is 18.1 Å². The molecule has 276 valence electrons. The number of phenolic OH excluding ortho intramolecular Hbond substituents is 1. The van der Waals surface area contributed by atoms with Crippen LogP contribution in [-0.2, 0) is 21.0 Å². The summed E-state index contributed by atoms with van der Waals surface area (Å²) in [6.07, 6.45) is 1.96. The van der Waals surface area contributed by atoms with Crippen molar-refractivity contribution in [1.29, 1.82) is 0 Å². The second-order valence-electron chi connectivity index (χ2n) is 13.2. The van der Waals surface area contributed by atoms with Crippen molar-refractivity contribution in [2.75, 3.05) is 24.7 Å². The fourth-order valence-corrected chi connectivity index (χ4v) is 7.48. The summed E-state index contributed by atoms with van der Waals surface area (Å²) in [7, 11) is -1.40. The van der Waals surface area contributed by atoms with E-state index in [1.165, 1.54) is 0 Å². The number of ether oxygens (including phenoxy) is 2. The predicted molar refractivity (Wildman–Crippen MR) is 182 cm³/mol. The lowest BCUT2D eigenvalue weighted by Crippen LogP contribution is -2.40. The number of unbranched alkanes of at least 4 members (excludes halogenated alkanes) is 7. The minimum absolute atomic E-state index is 0.104. The summed E-state index contributed by atoms with van der Waals surface area (Å²) < 4.78 is 86.5. The summed E-state index contributed by atoms with van der Waals surface area (Å²) >= 11 is 0. The molecule has 0 saturated carbocycles. The molecule has 0 bridgehead atoms. The number of nitrogens with two attached hydrogens (primary N) is 2. The first-order valence-corrected chi connectivity index (χ1v) is 18.7. The number of alkyl halides is 5. The Balaban J connectivity index is 1.47. The molecular formula is C36H51F5N2O5S. The molecule has 0 spiro atoms. The molecule has 1 aliphatic heterocycles. The summed E-state index contributed by atoms with van der Waals surface area (Å²) in [6, 6.07) is 12.0. The second kappa shape index (κ2) is 19.0. The highest BCUT2D eigenvalue weighted by Gasteiger charge is 2.56. The molecule has 4 atom stereocenters. The standard InChI is InChI=1S/C36H51F5N2O5S/c1-34(26-14-17-28(18-15-26)48-33(45)31(43)13-8-9-21-42)25-47-32-24-27(44)16-19-29(32)30(34)12-7-5-3-2-4-6-10-22-49(46)23-11-20-35(37,38)36(39,40)41/h14-19,24,30-31,44H,2-13,20-23,25,42-43H2,1H3. The molecule has 7 nitrogen and oxygen atoms in total. The molecule has 4 unspecified atom stereocenters. The fraction of sp³-hybridized carbons (Fsp3) is 0.639. The van der Waals surface area contributed by atoms with Gasteiger partial charge in [0.15, 0.2) is 0 Å². The number of hydrogen-bond acceptors (Lipinski definition) is 7. The van der Waals surface area contributed by atoms with E-state index in [1.54, 1.807) is 24.3 Å². The Morgan fingerprint density at radius 3 is 2.24 bits per heavy atom. The Bertz CT molecular complexity index is 1340. The number of phenols is 1. The molecule has 2 aromatic rings. The van der Waals surface area contributed by atoms with Crippen molar-refractivity contribution >= 4 is 16.8 Å². The molecular weight excluding hydrogens is 667 g/mol. The molecule has 0 amide bonds. The third-order valence-electron chi connectivity index (χ3n) is 9.32. The largest absolute Gasteiger partial charge is 0.508 e. The van der Waals surface area contributed by atoms with Crippen LogP contribution < -0.4 is 20.9 Å². The molecule has 0 aromatic heterocycles. The second-order valence-corrected chi connectivity index (χ2v) is 14.9. The van der Waals surface area contributed by atoms with Crippen molar-refractivity contribution in [3.05, 3.63) is 53.6 Å². The Morgan fingerprint density at radius 2 is 1.59 bits per heavy atom. The van der Waals surface area contributed by atoms with Crippen molar-refractivity contribution in [2.45, 2.75) is 120 Å². The van der Waals surface area contributed by atoms with E-state index in [9.17, 15) is 36.1 Å². The van der Waals surface area contributed by atoms with Gasteiger partial charge in [0.05, 0.1) is 6.61 Å². The highest BCUT2D eigenvalue weighted by Crippen LogP contribution is 2.50. The molecule has 0 radical (unpaired) electrons. The van der Waals surface area contributed by atoms with E-state index in [1.807, 2.05) is 18.2 Å². The zero-order valence-corrected chi connectivity index (χ0v) is 29.1. The van der Waals surface area contributed by atoms with Crippen LogP contribution in [0.4, 0.5) is 22.0 Å². The summed E-state index contributed by atoms with van der Waals surface area (Å²) in [6.45, 7) is 3.12. The number of halogens is 5. The van der Waals surface area contributed by atoms with Gasteiger partial charge in [0.2, 0.25) is 0 Å². The number of aromatic hydroxyl groups is 1. The summed E-state index contributed by atoms with van der Waals surface area (Å²) in [5, 5.41) is 10.1. The van der Waals surface area contributed by atoms with E-state index >= 15 is 0 Å². The van der Waals surface area contributed by atoms with Crippen molar-refractivity contribution in [2.24, 2.45) is 11.5 Å². The number of hydrogen-bond donors (Lipinski definition) is 3. The van der Waals surface area contributed by atoms with Crippen molar-refractivity contribution < 1.29 is 45.5 Å². The maximum Gasteiger partial charge on any atom is 0.453 e. The highest BCUT2D eigenvalue weighted by atomic mass is 32.2. The van der Waals surface area contributed by atoms with Crippen LogP contribution in [0.1, 0.15) is 107 Å². The average Bonchev–Trinajstić information content (AvgIpc) is 3.04. The quantitative estimate of drug-likeness (QED) is 0.0517. The van der Waals surface area contributed by atoms with Gasteiger partial charge < -0.3 is 26.0 Å². The number of rotatable bonds is 21. The smallest absolute Gasteiger partial charge is 0.453 e. The molecule has 1 aliphatic rings. The van der Waals surface area contributed by atoms with Crippen molar-refractivity contribution in [1.82, 2.24) is 0 Å². The third-order valence-corrected chi connectivity index (χ3v) is 10.8. The first-order chi connectivity index (χ1) is 23.2. The van der Waals surface area contributed by atoms with E-state index in [4.69, 9.17) is 20.9 Å². The van der Waals surface area contributed by atoms with Gasteiger partial charge in [-0.05, 0) is 68.0 Å². The van der Waals surface area contributed by atoms with Gasteiger partial charge in [0.1, 0.15) is 23.3 Å². The highest BCUT2D eigenvalue weighted by molar-refractivity contribution is 7.84. The van der Waals surface area contributed by atoms with E-state index in [-0.39, 0.29) is 22.8 Å². The summed E-state index contributed by atoms with van der Waals surface area (Å²) in [4.78, 5) is 12.5. The van der Waals surface area contributed by atoms with Crippen molar-refractivity contribution in [3.63, 3.8) is 0 Å². The Labute approximate surface area is 288 Å². The molecule has 3 rings (SSSR count). The van der Waals surface area contributed by atoms with Crippen LogP contribution in [0.15, 0.2) is 42.5 Å². The minimum atomic E-state index is -5.57. The first kappa shape index (κ1) is 40.7. The van der Waals surface area contributed by atoms with E-state index in [2.05, 4.69) is 6.92 Å². The topological polar surface area (TPSA) is 125 Å². The van der Waals surface area contributed by atoms with Gasteiger partial charge in [0, 0.05) is 46.1 Å². The number of fused-ring (bicyclic) bond motifs is 1. The van der Waals surface area contributed by atoms with Gasteiger partial charge in [-0.2, -0.15) is 22.0 Å². The summed E-state index contributed by atoms with van der Waals surface area (Å²) in [5.41, 5.74) is 13.2. The number of carbonyl (C=O) groups is 1. The number of benzene rings is 2. The van der Waals surface area contributed by atoms with Gasteiger partial charge in [-0.1, -0.05) is 70.1 Å². The SMILES string of the molecule is CC1(c2ccc(OC(=O)C(N)CCCCN)cc2)COc2cc(O)ccc2C1CCCCCCCCCS(=O)CCCC(F)(F)C(F)(F)F. The Kier molecular flexibility index (Phi) is 15.8. The minimum Gasteiger partial charge on any atom is -0.508 e. The normalized spacial score (nSPS) is 19.1. The molecule has 1 heterocycles. The van der Waals surface area contributed by atoms with Crippen LogP contribution in [0.3, 0.4) is 0 Å². The Hall–Kier alpha value is -2.77. The average molecular weight is 719 g/mol. The summed E-state index contributed by atoms with van der Waals surface area (Å²) in [5.74, 6) is -3.73. The maximum atomic E-state index is 13.0. The molecule has 13 heteroatoms.